The zero-order valence-corrected chi connectivity index (χ0v) is 14.1. The van der Waals surface area contributed by atoms with Gasteiger partial charge in [-0.1, -0.05) is 36.4 Å². The summed E-state index contributed by atoms with van der Waals surface area (Å²) in [5.41, 5.74) is 1.71. The van der Waals surface area contributed by atoms with Gasteiger partial charge in [-0.2, -0.15) is 0 Å². The maximum Gasteiger partial charge on any atom is 0.269 e. The monoisotopic (exact) mass is 337 g/mol. The van der Waals surface area contributed by atoms with Gasteiger partial charge < -0.3 is 9.47 Å². The number of hydrogen-bond donors (Lipinski definition) is 0. The first-order valence-corrected chi connectivity index (χ1v) is 7.61. The van der Waals surface area contributed by atoms with Gasteiger partial charge in [-0.05, 0) is 41.5 Å². The number of nitrogens with zero attached hydrogens (tertiary/aromatic N) is 1. The zero-order chi connectivity index (χ0) is 18.1. The molecule has 2 aromatic carbocycles. The highest BCUT2D eigenvalue weighted by Crippen LogP contribution is 2.16. The molecule has 0 aliphatic heterocycles. The van der Waals surface area contributed by atoms with Crippen molar-refractivity contribution in [2.24, 2.45) is 0 Å². The molecule has 0 unspecified atom stereocenters. The Bertz CT molecular complexity index is 822. The van der Waals surface area contributed by atoms with Crippen LogP contribution in [0.1, 0.15) is 11.1 Å². The Kier molecular flexibility index (Phi) is 6.54. The molecule has 0 saturated carbocycles. The van der Waals surface area contributed by atoms with Crippen molar-refractivity contribution in [3.8, 4) is 11.5 Å². The van der Waals surface area contributed by atoms with E-state index in [2.05, 4.69) is 0 Å². The van der Waals surface area contributed by atoms with Crippen molar-refractivity contribution in [1.82, 2.24) is 0 Å². The number of nitro groups is 1. The molecular formula is C20H19NO4. The predicted molar refractivity (Wildman–Crippen MR) is 99.1 cm³/mol. The number of ether oxygens (including phenoxy) is 2. The second-order valence-corrected chi connectivity index (χ2v) is 5.09. The van der Waals surface area contributed by atoms with E-state index in [1.54, 1.807) is 38.5 Å². The molecule has 2 rings (SSSR count). The van der Waals surface area contributed by atoms with Crippen molar-refractivity contribution in [1.29, 1.82) is 0 Å². The molecule has 0 atom stereocenters. The Hall–Kier alpha value is -3.34. The Labute approximate surface area is 146 Å². The fourth-order valence-electron chi connectivity index (χ4n) is 2.11. The molecular weight excluding hydrogens is 318 g/mol. The number of hydrogen-bond acceptors (Lipinski definition) is 4. The quantitative estimate of drug-likeness (QED) is 0.421. The second-order valence-electron chi connectivity index (χ2n) is 5.09. The van der Waals surface area contributed by atoms with E-state index in [1.165, 1.54) is 12.2 Å². The highest BCUT2D eigenvalue weighted by molar-refractivity contribution is 5.56. The number of benzene rings is 2. The summed E-state index contributed by atoms with van der Waals surface area (Å²) in [6.07, 6.45) is 8.02. The van der Waals surface area contributed by atoms with E-state index in [0.29, 0.717) is 5.75 Å². The lowest BCUT2D eigenvalue weighted by Gasteiger charge is -2.00. The minimum atomic E-state index is -0.424. The molecule has 0 heterocycles. The average Bonchev–Trinajstić information content (AvgIpc) is 2.64. The van der Waals surface area contributed by atoms with Crippen LogP contribution in [0, 0.1) is 10.1 Å². The summed E-state index contributed by atoms with van der Waals surface area (Å²) >= 11 is 0. The van der Waals surface area contributed by atoms with Gasteiger partial charge in [-0.25, -0.2) is 0 Å². The maximum atomic E-state index is 11.2. The summed E-state index contributed by atoms with van der Waals surface area (Å²) < 4.78 is 10.3. The van der Waals surface area contributed by atoms with E-state index in [0.717, 1.165) is 16.9 Å². The first-order valence-electron chi connectivity index (χ1n) is 7.61. The third-order valence-corrected chi connectivity index (χ3v) is 3.40. The van der Waals surface area contributed by atoms with Gasteiger partial charge in [0.05, 0.1) is 19.1 Å². The third-order valence-electron chi connectivity index (χ3n) is 3.40. The third kappa shape index (κ3) is 5.66. The summed E-state index contributed by atoms with van der Waals surface area (Å²) in [6, 6.07) is 14.7. The van der Waals surface area contributed by atoms with Crippen LogP contribution in [-0.4, -0.2) is 19.1 Å². The molecule has 0 amide bonds. The van der Waals surface area contributed by atoms with Crippen LogP contribution >= 0.6 is 0 Å². The van der Waals surface area contributed by atoms with Crippen molar-refractivity contribution < 1.29 is 14.4 Å². The van der Waals surface area contributed by atoms with E-state index in [9.17, 15) is 10.1 Å². The van der Waals surface area contributed by atoms with Crippen molar-refractivity contribution in [2.75, 3.05) is 14.2 Å². The largest absolute Gasteiger partial charge is 0.497 e. The summed E-state index contributed by atoms with van der Waals surface area (Å²) in [7, 11) is 3.17. The first-order chi connectivity index (χ1) is 12.1. The molecule has 0 radical (unpaired) electrons. The molecule has 0 saturated heterocycles. The fraction of sp³-hybridized carbons (Fsp3) is 0.100. The van der Waals surface area contributed by atoms with Crippen molar-refractivity contribution in [3.63, 3.8) is 0 Å². The van der Waals surface area contributed by atoms with Gasteiger partial charge in [-0.15, -0.1) is 0 Å². The lowest BCUT2D eigenvalue weighted by molar-refractivity contribution is -0.418. The standard InChI is InChI=1S/C20H19NO4/c1-24-19-10-4-7-16(14-19)6-3-9-18(21(22)23)13-12-17-8-5-11-20(15-17)25-2/h3-15H,1-2H3/b6-3+,13-12+,18-9+. The average molecular weight is 337 g/mol. The van der Waals surface area contributed by atoms with Gasteiger partial charge in [0.2, 0.25) is 0 Å². The smallest absolute Gasteiger partial charge is 0.269 e. The van der Waals surface area contributed by atoms with E-state index < -0.39 is 4.92 Å². The summed E-state index contributed by atoms with van der Waals surface area (Å²) in [5, 5.41) is 11.2. The van der Waals surface area contributed by atoms with Crippen LogP contribution < -0.4 is 9.47 Å². The van der Waals surface area contributed by atoms with Crippen LogP contribution in [0.4, 0.5) is 0 Å². The highest BCUT2D eigenvalue weighted by atomic mass is 16.6. The van der Waals surface area contributed by atoms with Crippen LogP contribution in [0.5, 0.6) is 11.5 Å². The van der Waals surface area contributed by atoms with Gasteiger partial charge >= 0.3 is 0 Å². The van der Waals surface area contributed by atoms with Crippen molar-refractivity contribution in [2.45, 2.75) is 0 Å². The van der Waals surface area contributed by atoms with Crippen LogP contribution in [0.3, 0.4) is 0 Å². The molecule has 128 valence electrons. The molecule has 5 heteroatoms. The second kappa shape index (κ2) is 9.08. The van der Waals surface area contributed by atoms with Gasteiger partial charge in [0, 0.05) is 12.2 Å². The summed E-state index contributed by atoms with van der Waals surface area (Å²) in [6.45, 7) is 0. The first kappa shape index (κ1) is 18.0. The molecule has 0 aliphatic carbocycles. The lowest BCUT2D eigenvalue weighted by atomic mass is 10.1. The number of rotatable bonds is 7. The van der Waals surface area contributed by atoms with Crippen molar-refractivity contribution >= 4 is 12.2 Å². The lowest BCUT2D eigenvalue weighted by Crippen LogP contribution is -1.94. The van der Waals surface area contributed by atoms with Gasteiger partial charge in [0.25, 0.3) is 5.70 Å². The Balaban J connectivity index is 2.16. The maximum absolute atomic E-state index is 11.2. The van der Waals surface area contributed by atoms with E-state index in [1.807, 2.05) is 42.5 Å². The molecule has 0 bridgehead atoms. The Morgan fingerprint density at radius 2 is 1.52 bits per heavy atom. The molecule has 0 aromatic heterocycles. The minimum Gasteiger partial charge on any atom is -0.497 e. The van der Waals surface area contributed by atoms with Crippen LogP contribution in [-0.2, 0) is 0 Å². The highest BCUT2D eigenvalue weighted by Gasteiger charge is 2.04. The van der Waals surface area contributed by atoms with E-state index in [4.69, 9.17) is 9.47 Å². The Morgan fingerprint density at radius 1 is 0.960 bits per heavy atom. The molecule has 2 aromatic rings. The molecule has 0 N–H and O–H groups in total. The topological polar surface area (TPSA) is 61.6 Å². The molecule has 5 nitrogen and oxygen atoms in total. The van der Waals surface area contributed by atoms with Crippen LogP contribution in [0.15, 0.2) is 72.5 Å². The molecule has 0 spiro atoms. The van der Waals surface area contributed by atoms with Crippen molar-refractivity contribution in [3.05, 3.63) is 93.7 Å². The number of allylic oxidation sites excluding steroid dienone is 3. The minimum absolute atomic E-state index is 0.0121. The van der Waals surface area contributed by atoms with Crippen LogP contribution in [0.2, 0.25) is 0 Å². The Morgan fingerprint density at radius 3 is 2.04 bits per heavy atom. The normalized spacial score (nSPS) is 11.8. The molecule has 0 aliphatic rings. The van der Waals surface area contributed by atoms with Crippen LogP contribution in [0.25, 0.3) is 12.2 Å². The van der Waals surface area contributed by atoms with Gasteiger partial charge in [0.15, 0.2) is 0 Å². The van der Waals surface area contributed by atoms with E-state index >= 15 is 0 Å². The summed E-state index contributed by atoms with van der Waals surface area (Å²) in [4.78, 5) is 10.8. The molecule has 0 fully saturated rings. The van der Waals surface area contributed by atoms with Gasteiger partial charge in [0.1, 0.15) is 11.5 Å². The zero-order valence-electron chi connectivity index (χ0n) is 14.1. The van der Waals surface area contributed by atoms with Gasteiger partial charge in [-0.3, -0.25) is 10.1 Å². The van der Waals surface area contributed by atoms with E-state index in [-0.39, 0.29) is 5.70 Å². The predicted octanol–water partition coefficient (Wildman–Crippen LogP) is 4.59. The molecule has 25 heavy (non-hydrogen) atoms. The SMILES string of the molecule is COc1cccc(/C=C/C=C(\C=C\c2cccc(OC)c2)[N+](=O)[O-])c1. The summed E-state index contributed by atoms with van der Waals surface area (Å²) in [5.74, 6) is 1.44. The number of methoxy groups -OCH3 is 2. The fourth-order valence-corrected chi connectivity index (χ4v) is 2.11.